The number of esters is 1. The highest BCUT2D eigenvalue weighted by Gasteiger charge is 2.29. The topological polar surface area (TPSA) is 106 Å². The molecule has 2 N–H and O–H groups in total. The van der Waals surface area contributed by atoms with Gasteiger partial charge in [-0.3, -0.25) is 0 Å². The van der Waals surface area contributed by atoms with Crippen LogP contribution >= 0.6 is 0 Å². The summed E-state index contributed by atoms with van der Waals surface area (Å²) >= 11 is 0. The molecule has 162 valence electrons. The molecule has 1 saturated heterocycles. The molecule has 2 heterocycles. The van der Waals surface area contributed by atoms with E-state index < -0.39 is 11.6 Å². The number of piperidine rings is 1. The van der Waals surface area contributed by atoms with Gasteiger partial charge in [0.1, 0.15) is 17.0 Å². The molecule has 0 bridgehead atoms. The summed E-state index contributed by atoms with van der Waals surface area (Å²) in [5.74, 6) is 0.346. The summed E-state index contributed by atoms with van der Waals surface area (Å²) in [7, 11) is 0. The first-order valence-corrected chi connectivity index (χ1v) is 10.1. The lowest BCUT2D eigenvalue weighted by Gasteiger charge is -2.34. The first kappa shape index (κ1) is 22.7. The van der Waals surface area contributed by atoms with Crippen molar-refractivity contribution in [3.8, 4) is 0 Å². The molecule has 1 atom stereocenters. The highest BCUT2D eigenvalue weighted by Crippen LogP contribution is 2.21. The van der Waals surface area contributed by atoms with E-state index in [1.54, 1.807) is 11.8 Å². The van der Waals surface area contributed by atoms with Gasteiger partial charge in [0.2, 0.25) is 5.95 Å². The molecule has 1 fully saturated rings. The van der Waals surface area contributed by atoms with Crippen LogP contribution in [0.25, 0.3) is 0 Å². The Morgan fingerprint density at radius 3 is 2.69 bits per heavy atom. The maximum absolute atomic E-state index is 12.4. The minimum atomic E-state index is -0.543. The third kappa shape index (κ3) is 7.07. The van der Waals surface area contributed by atoms with Crippen molar-refractivity contribution in [3.05, 3.63) is 11.8 Å². The summed E-state index contributed by atoms with van der Waals surface area (Å²) in [4.78, 5) is 35.1. The number of aromatic nitrogens is 2. The summed E-state index contributed by atoms with van der Waals surface area (Å²) in [6.07, 6.45) is 2.80. The Labute approximate surface area is 172 Å². The summed E-state index contributed by atoms with van der Waals surface area (Å²) in [5.41, 5.74) is -0.269. The second-order valence-electron chi connectivity index (χ2n) is 8.39. The number of anilines is 2. The van der Waals surface area contributed by atoms with Crippen LogP contribution < -0.4 is 10.6 Å². The Kier molecular flexibility index (Phi) is 7.64. The Balaban J connectivity index is 2.17. The van der Waals surface area contributed by atoms with Crippen LogP contribution in [0.4, 0.5) is 16.6 Å². The van der Waals surface area contributed by atoms with E-state index in [0.717, 1.165) is 12.8 Å². The second-order valence-corrected chi connectivity index (χ2v) is 8.39. The monoisotopic (exact) mass is 407 g/mol. The van der Waals surface area contributed by atoms with Gasteiger partial charge in [0.15, 0.2) is 0 Å². The van der Waals surface area contributed by atoms with Gasteiger partial charge >= 0.3 is 12.1 Å². The van der Waals surface area contributed by atoms with Gasteiger partial charge in [-0.25, -0.2) is 14.6 Å². The smallest absolute Gasteiger partial charge is 0.410 e. The summed E-state index contributed by atoms with van der Waals surface area (Å²) < 4.78 is 10.6. The second kappa shape index (κ2) is 9.76. The van der Waals surface area contributed by atoms with Crippen LogP contribution in [0.5, 0.6) is 0 Å². The van der Waals surface area contributed by atoms with Crippen molar-refractivity contribution in [2.24, 2.45) is 0 Å². The number of hydrogen-bond donors (Lipinski definition) is 2. The number of carbonyl (C=O) groups excluding carboxylic acids is 2. The van der Waals surface area contributed by atoms with Gasteiger partial charge in [0, 0.05) is 31.4 Å². The quantitative estimate of drug-likeness (QED) is 0.692. The number of likely N-dealkylation sites (tertiary alicyclic amines) is 1. The maximum Gasteiger partial charge on any atom is 0.410 e. The Hall–Kier alpha value is -2.58. The van der Waals surface area contributed by atoms with Crippen LogP contribution in [0.3, 0.4) is 0 Å². The number of hydrogen-bond acceptors (Lipinski definition) is 8. The molecule has 0 unspecified atom stereocenters. The van der Waals surface area contributed by atoms with Crippen LogP contribution in [0.15, 0.2) is 6.20 Å². The van der Waals surface area contributed by atoms with E-state index in [2.05, 4.69) is 20.6 Å². The van der Waals surface area contributed by atoms with Crippen LogP contribution in [-0.2, 0) is 9.47 Å². The minimum Gasteiger partial charge on any atom is -0.462 e. The zero-order chi connectivity index (χ0) is 21.6. The van der Waals surface area contributed by atoms with Crippen LogP contribution in [0, 0.1) is 0 Å². The molecule has 0 radical (unpaired) electrons. The van der Waals surface area contributed by atoms with Crippen molar-refractivity contribution >= 4 is 23.8 Å². The Bertz CT molecular complexity index is 717. The molecule has 1 aromatic rings. The summed E-state index contributed by atoms with van der Waals surface area (Å²) in [6.45, 7) is 12.6. The van der Waals surface area contributed by atoms with E-state index in [1.165, 1.54) is 6.20 Å². The summed E-state index contributed by atoms with van der Waals surface area (Å²) in [5, 5.41) is 6.44. The molecule has 0 spiro atoms. The number of ether oxygens (including phenoxy) is 2. The highest BCUT2D eigenvalue weighted by atomic mass is 16.6. The SMILES string of the molecule is CCOC(=O)c1cnc(NC(C)C)nc1N[C@H]1CCCN(C(=O)OC(C)(C)C)C1. The predicted molar refractivity (Wildman–Crippen MR) is 111 cm³/mol. The first-order chi connectivity index (χ1) is 13.6. The molecule has 0 aromatic carbocycles. The van der Waals surface area contributed by atoms with E-state index >= 15 is 0 Å². The van der Waals surface area contributed by atoms with Gasteiger partial charge in [0.25, 0.3) is 0 Å². The fourth-order valence-corrected chi connectivity index (χ4v) is 2.96. The lowest BCUT2D eigenvalue weighted by atomic mass is 10.1. The number of amides is 1. The zero-order valence-electron chi connectivity index (χ0n) is 18.2. The molecule has 2 rings (SSSR count). The normalized spacial score (nSPS) is 17.1. The molecule has 9 heteroatoms. The van der Waals surface area contributed by atoms with Crippen LogP contribution in [-0.4, -0.2) is 64.3 Å². The fourth-order valence-electron chi connectivity index (χ4n) is 2.96. The van der Waals surface area contributed by atoms with Crippen molar-refractivity contribution in [3.63, 3.8) is 0 Å². The average Bonchev–Trinajstić information content (AvgIpc) is 2.60. The summed E-state index contributed by atoms with van der Waals surface area (Å²) in [6, 6.07) is 0.0832. The van der Waals surface area contributed by atoms with E-state index in [0.29, 0.717) is 24.9 Å². The van der Waals surface area contributed by atoms with E-state index in [1.807, 2.05) is 34.6 Å². The van der Waals surface area contributed by atoms with Gasteiger partial charge in [0.05, 0.1) is 6.61 Å². The van der Waals surface area contributed by atoms with Crippen LogP contribution in [0.2, 0.25) is 0 Å². The lowest BCUT2D eigenvalue weighted by Crippen LogP contribution is -2.47. The van der Waals surface area contributed by atoms with Crippen molar-refractivity contribution < 1.29 is 19.1 Å². The number of nitrogens with one attached hydrogen (secondary N) is 2. The minimum absolute atomic E-state index is 0.0637. The molecular formula is C20H33N5O4. The average molecular weight is 408 g/mol. The molecule has 29 heavy (non-hydrogen) atoms. The maximum atomic E-state index is 12.4. The molecule has 1 aliphatic rings. The Morgan fingerprint density at radius 2 is 2.07 bits per heavy atom. The van der Waals surface area contributed by atoms with Crippen molar-refractivity contribution in [1.29, 1.82) is 0 Å². The lowest BCUT2D eigenvalue weighted by molar-refractivity contribution is 0.0205. The van der Waals surface area contributed by atoms with Crippen LogP contribution in [0.1, 0.15) is 64.7 Å². The predicted octanol–water partition coefficient (Wildman–Crippen LogP) is 3.29. The molecule has 9 nitrogen and oxygen atoms in total. The molecule has 0 saturated carbocycles. The standard InChI is InChI=1S/C20H33N5O4/c1-7-28-17(26)15-11-21-18(22-13(2)3)24-16(15)23-14-9-8-10-25(12-14)19(27)29-20(4,5)6/h11,13-14H,7-10,12H2,1-6H3,(H2,21,22,23,24)/t14-/m0/s1. The van der Waals surface area contributed by atoms with Crippen molar-refractivity contribution in [2.45, 2.75) is 72.1 Å². The highest BCUT2D eigenvalue weighted by molar-refractivity contribution is 5.94. The molecular weight excluding hydrogens is 374 g/mol. The molecule has 0 aliphatic carbocycles. The molecule has 1 aromatic heterocycles. The van der Waals surface area contributed by atoms with Crippen molar-refractivity contribution in [1.82, 2.24) is 14.9 Å². The first-order valence-electron chi connectivity index (χ1n) is 10.1. The number of nitrogens with zero attached hydrogens (tertiary/aromatic N) is 3. The third-order valence-corrected chi connectivity index (χ3v) is 4.12. The van der Waals surface area contributed by atoms with Crippen molar-refractivity contribution in [2.75, 3.05) is 30.3 Å². The number of carbonyl (C=O) groups is 2. The van der Waals surface area contributed by atoms with Gasteiger partial charge < -0.3 is 25.0 Å². The van der Waals surface area contributed by atoms with E-state index in [-0.39, 0.29) is 30.3 Å². The third-order valence-electron chi connectivity index (χ3n) is 4.12. The van der Waals surface area contributed by atoms with Gasteiger partial charge in [-0.05, 0) is 54.4 Å². The molecule has 1 amide bonds. The number of rotatable bonds is 6. The van der Waals surface area contributed by atoms with Gasteiger partial charge in [-0.1, -0.05) is 0 Å². The zero-order valence-corrected chi connectivity index (χ0v) is 18.2. The molecule has 1 aliphatic heterocycles. The van der Waals surface area contributed by atoms with Gasteiger partial charge in [-0.15, -0.1) is 0 Å². The van der Waals surface area contributed by atoms with E-state index in [9.17, 15) is 9.59 Å². The van der Waals surface area contributed by atoms with Gasteiger partial charge in [-0.2, -0.15) is 4.98 Å². The fraction of sp³-hybridized carbons (Fsp3) is 0.700. The largest absolute Gasteiger partial charge is 0.462 e. The van der Waals surface area contributed by atoms with E-state index in [4.69, 9.17) is 9.47 Å². The Morgan fingerprint density at radius 1 is 1.34 bits per heavy atom.